The van der Waals surface area contributed by atoms with E-state index in [2.05, 4.69) is 5.32 Å². The Bertz CT molecular complexity index is 486. The van der Waals surface area contributed by atoms with E-state index in [0.717, 1.165) is 0 Å². The van der Waals surface area contributed by atoms with Crippen molar-refractivity contribution in [2.45, 2.75) is 20.4 Å². The molecule has 0 fully saturated rings. The van der Waals surface area contributed by atoms with Gasteiger partial charge in [0.1, 0.15) is 18.4 Å². The summed E-state index contributed by atoms with van der Waals surface area (Å²) in [4.78, 5) is 11.7. The second-order valence-electron chi connectivity index (χ2n) is 3.88. The molecule has 1 N–H and O–H groups in total. The van der Waals surface area contributed by atoms with Crippen LogP contribution in [0.25, 0.3) is 0 Å². The van der Waals surface area contributed by atoms with Gasteiger partial charge in [-0.2, -0.15) is 5.26 Å². The number of carbonyl (C=O) groups is 1. The quantitative estimate of drug-likeness (QED) is 0.337. The molecule has 1 aromatic heterocycles. The monoisotopic (exact) mass is 278 g/mol. The smallest absolute Gasteiger partial charge is 0.350 e. The van der Waals surface area contributed by atoms with E-state index in [1.165, 1.54) is 0 Å². The molecule has 0 aliphatic heterocycles. The zero-order valence-electron chi connectivity index (χ0n) is 11.6. The Labute approximate surface area is 118 Å². The van der Waals surface area contributed by atoms with Crippen LogP contribution >= 0.6 is 0 Å². The summed E-state index contributed by atoms with van der Waals surface area (Å²) in [6, 6.07) is 5.41. The summed E-state index contributed by atoms with van der Waals surface area (Å²) in [7, 11) is 0. The van der Waals surface area contributed by atoms with Crippen molar-refractivity contribution in [2.75, 3.05) is 19.8 Å². The first-order valence-corrected chi connectivity index (χ1v) is 6.31. The fraction of sp³-hybridized carbons (Fsp3) is 0.429. The van der Waals surface area contributed by atoms with Crippen molar-refractivity contribution < 1.29 is 18.7 Å². The highest BCUT2D eigenvalue weighted by Crippen LogP contribution is 2.06. The van der Waals surface area contributed by atoms with Gasteiger partial charge >= 0.3 is 5.97 Å². The number of esters is 1. The van der Waals surface area contributed by atoms with Gasteiger partial charge in [0.15, 0.2) is 5.57 Å². The fourth-order valence-corrected chi connectivity index (χ4v) is 1.41. The number of nitrogens with one attached hydrogen (secondary N) is 1. The van der Waals surface area contributed by atoms with Gasteiger partial charge in [-0.25, -0.2) is 4.79 Å². The molecule has 6 nitrogen and oxygen atoms in total. The van der Waals surface area contributed by atoms with Crippen LogP contribution in [0.4, 0.5) is 0 Å². The van der Waals surface area contributed by atoms with E-state index in [-0.39, 0.29) is 12.2 Å². The summed E-state index contributed by atoms with van der Waals surface area (Å²) in [5.74, 6) is 0.0583. The molecular formula is C14H18N2O4. The third-order valence-corrected chi connectivity index (χ3v) is 2.46. The Morgan fingerprint density at radius 3 is 2.90 bits per heavy atom. The van der Waals surface area contributed by atoms with Crippen LogP contribution in [0, 0.1) is 11.3 Å². The predicted octanol–water partition coefficient (Wildman–Crippen LogP) is 1.75. The lowest BCUT2D eigenvalue weighted by Gasteiger charge is -2.08. The normalized spacial score (nSPS) is 11.4. The van der Waals surface area contributed by atoms with Crippen molar-refractivity contribution in [2.24, 2.45) is 0 Å². The summed E-state index contributed by atoms with van der Waals surface area (Å²) in [6.45, 7) is 4.90. The Morgan fingerprint density at radius 2 is 2.30 bits per heavy atom. The summed E-state index contributed by atoms with van der Waals surface area (Å²) < 4.78 is 15.1. The number of hydrogen-bond acceptors (Lipinski definition) is 6. The molecule has 0 aliphatic rings. The number of nitriles is 1. The minimum Gasteiger partial charge on any atom is -0.467 e. The highest BCUT2D eigenvalue weighted by molar-refractivity contribution is 5.93. The maximum Gasteiger partial charge on any atom is 0.350 e. The van der Waals surface area contributed by atoms with Gasteiger partial charge in [0.2, 0.25) is 0 Å². The second-order valence-corrected chi connectivity index (χ2v) is 3.88. The topological polar surface area (TPSA) is 84.5 Å². The molecule has 0 atom stereocenters. The summed E-state index contributed by atoms with van der Waals surface area (Å²) in [6.07, 6.45) is 1.56. The molecule has 108 valence electrons. The van der Waals surface area contributed by atoms with Gasteiger partial charge in [-0.05, 0) is 26.0 Å². The molecule has 0 bridgehead atoms. The highest BCUT2D eigenvalue weighted by atomic mass is 16.6. The van der Waals surface area contributed by atoms with Gasteiger partial charge in [0, 0.05) is 12.3 Å². The van der Waals surface area contributed by atoms with Gasteiger partial charge in [0.05, 0.1) is 19.4 Å². The van der Waals surface area contributed by atoms with Crippen LogP contribution in [-0.2, 0) is 20.8 Å². The standard InChI is InChI=1S/C14H18N2O4/c1-3-18-7-8-20-14(17)13(9-15)11(2)16-10-12-5-4-6-19-12/h4-6,16H,3,7-8,10H2,1-2H3/b13-11-. The molecule has 0 saturated carbocycles. The predicted molar refractivity (Wildman–Crippen MR) is 71.3 cm³/mol. The van der Waals surface area contributed by atoms with Crippen molar-refractivity contribution >= 4 is 5.97 Å². The van der Waals surface area contributed by atoms with Gasteiger partial charge in [-0.1, -0.05) is 0 Å². The average molecular weight is 278 g/mol. The van der Waals surface area contributed by atoms with E-state index in [4.69, 9.17) is 19.2 Å². The zero-order valence-corrected chi connectivity index (χ0v) is 11.6. The number of allylic oxidation sites excluding steroid dienone is 1. The summed E-state index contributed by atoms with van der Waals surface area (Å²) >= 11 is 0. The van der Waals surface area contributed by atoms with Gasteiger partial charge in [-0.15, -0.1) is 0 Å². The second kappa shape index (κ2) is 8.77. The van der Waals surface area contributed by atoms with E-state index >= 15 is 0 Å². The molecule has 0 spiro atoms. The van der Waals surface area contributed by atoms with Crippen molar-refractivity contribution in [3.63, 3.8) is 0 Å². The summed E-state index contributed by atoms with van der Waals surface area (Å²) in [5, 5.41) is 12.0. The maximum atomic E-state index is 11.7. The van der Waals surface area contributed by atoms with Crippen LogP contribution in [-0.4, -0.2) is 25.8 Å². The molecule has 1 rings (SSSR count). The Balaban J connectivity index is 2.51. The van der Waals surface area contributed by atoms with Crippen molar-refractivity contribution in [3.8, 4) is 6.07 Å². The third-order valence-electron chi connectivity index (χ3n) is 2.46. The third kappa shape index (κ3) is 5.16. The molecular weight excluding hydrogens is 260 g/mol. The van der Waals surface area contributed by atoms with Crippen LogP contribution in [0.3, 0.4) is 0 Å². The highest BCUT2D eigenvalue weighted by Gasteiger charge is 2.14. The molecule has 0 aliphatic carbocycles. The van der Waals surface area contributed by atoms with E-state index in [9.17, 15) is 4.79 Å². The van der Waals surface area contributed by atoms with Crippen LogP contribution in [0.2, 0.25) is 0 Å². The first kappa shape index (κ1) is 15.8. The lowest BCUT2D eigenvalue weighted by molar-refractivity contribution is -0.140. The lowest BCUT2D eigenvalue weighted by atomic mass is 10.2. The lowest BCUT2D eigenvalue weighted by Crippen LogP contribution is -2.18. The minimum absolute atomic E-state index is 0.0481. The zero-order chi connectivity index (χ0) is 14.8. The van der Waals surface area contributed by atoms with Crippen LogP contribution in [0.1, 0.15) is 19.6 Å². The molecule has 20 heavy (non-hydrogen) atoms. The molecule has 6 heteroatoms. The number of hydrogen-bond donors (Lipinski definition) is 1. The fourth-order valence-electron chi connectivity index (χ4n) is 1.41. The van der Waals surface area contributed by atoms with Gasteiger partial charge < -0.3 is 19.2 Å². The van der Waals surface area contributed by atoms with E-state index in [0.29, 0.717) is 31.2 Å². The number of furan rings is 1. The molecule has 0 radical (unpaired) electrons. The molecule has 0 amide bonds. The van der Waals surface area contributed by atoms with E-state index < -0.39 is 5.97 Å². The average Bonchev–Trinajstić information content (AvgIpc) is 2.95. The Hall–Kier alpha value is -2.26. The maximum absolute atomic E-state index is 11.7. The van der Waals surface area contributed by atoms with Crippen molar-refractivity contribution in [1.29, 1.82) is 5.26 Å². The van der Waals surface area contributed by atoms with E-state index in [1.807, 2.05) is 13.0 Å². The number of carbonyl (C=O) groups excluding carboxylic acids is 1. The number of nitrogens with zero attached hydrogens (tertiary/aromatic N) is 1. The Kier molecular flexibility index (Phi) is 6.93. The molecule has 0 unspecified atom stereocenters. The molecule has 0 aromatic carbocycles. The van der Waals surface area contributed by atoms with Crippen LogP contribution < -0.4 is 5.32 Å². The first-order chi connectivity index (χ1) is 9.69. The minimum atomic E-state index is -0.656. The number of ether oxygens (including phenoxy) is 2. The van der Waals surface area contributed by atoms with Crippen molar-refractivity contribution in [1.82, 2.24) is 5.32 Å². The molecule has 1 aromatic rings. The SMILES string of the molecule is CCOCCOC(=O)/C(C#N)=C(/C)NCc1ccco1. The van der Waals surface area contributed by atoms with Gasteiger partial charge in [-0.3, -0.25) is 0 Å². The first-order valence-electron chi connectivity index (χ1n) is 6.31. The van der Waals surface area contributed by atoms with Gasteiger partial charge in [0.25, 0.3) is 0 Å². The Morgan fingerprint density at radius 1 is 1.50 bits per heavy atom. The molecule has 0 saturated heterocycles. The molecule has 1 heterocycles. The van der Waals surface area contributed by atoms with E-state index in [1.54, 1.807) is 25.3 Å². The van der Waals surface area contributed by atoms with Crippen molar-refractivity contribution in [3.05, 3.63) is 35.4 Å². The van der Waals surface area contributed by atoms with Crippen LogP contribution in [0.15, 0.2) is 34.1 Å². The van der Waals surface area contributed by atoms with Crippen LogP contribution in [0.5, 0.6) is 0 Å². The largest absolute Gasteiger partial charge is 0.467 e. The number of rotatable bonds is 8. The summed E-state index contributed by atoms with van der Waals surface area (Å²) in [5.41, 5.74) is 0.401.